The van der Waals surface area contributed by atoms with E-state index < -0.39 is 0 Å². The SMILES string of the molecule is c1ccc(/C(=C(/c2ccccc2)c2ccc(N(c3ccccc3)c3ccc(N4CCN(c5ccccc5)c5ccccc54)cc3)cc2)c2ccc(N(c3ccccc3)c3ccc(N4CCN(c5ccccc5)c5ccccc54)cc3)cc2)cc1. The van der Waals surface area contributed by atoms with Crippen LogP contribution < -0.4 is 29.4 Å². The topological polar surface area (TPSA) is 19.4 Å². The molecule has 0 aromatic heterocycles. The molecule has 0 saturated carbocycles. The molecule has 12 aromatic rings. The fourth-order valence-corrected chi connectivity index (χ4v) is 12.3. The van der Waals surface area contributed by atoms with Crippen LogP contribution in [0.25, 0.3) is 11.1 Å². The second-order valence-electron chi connectivity index (χ2n) is 21.2. The van der Waals surface area contributed by atoms with Crippen LogP contribution in [0.2, 0.25) is 0 Å². The third-order valence-electron chi connectivity index (χ3n) is 16.2. The van der Waals surface area contributed by atoms with Gasteiger partial charge in [-0.3, -0.25) is 0 Å². The van der Waals surface area contributed by atoms with Crippen molar-refractivity contribution in [2.45, 2.75) is 0 Å². The Labute approximate surface area is 493 Å². The molecule has 0 unspecified atom stereocenters. The summed E-state index contributed by atoms with van der Waals surface area (Å²) < 4.78 is 0. The van der Waals surface area contributed by atoms with Crippen molar-refractivity contribution in [1.29, 1.82) is 0 Å². The summed E-state index contributed by atoms with van der Waals surface area (Å²) in [5, 5.41) is 0. The van der Waals surface area contributed by atoms with Crippen LogP contribution >= 0.6 is 0 Å². The zero-order valence-corrected chi connectivity index (χ0v) is 46.7. The van der Waals surface area contributed by atoms with E-state index in [1.165, 1.54) is 45.5 Å². The molecule has 0 spiro atoms. The lowest BCUT2D eigenvalue weighted by atomic mass is 9.85. The highest BCUT2D eigenvalue weighted by Crippen LogP contribution is 2.46. The van der Waals surface area contributed by atoms with Crippen LogP contribution in [-0.2, 0) is 0 Å². The van der Waals surface area contributed by atoms with E-state index in [1.54, 1.807) is 0 Å². The normalized spacial score (nSPS) is 13.1. The second-order valence-corrected chi connectivity index (χ2v) is 21.2. The molecule has 404 valence electrons. The molecule has 0 saturated heterocycles. The van der Waals surface area contributed by atoms with E-state index >= 15 is 0 Å². The van der Waals surface area contributed by atoms with Gasteiger partial charge in [0, 0.05) is 83.1 Å². The van der Waals surface area contributed by atoms with Crippen LogP contribution in [0.3, 0.4) is 0 Å². The summed E-state index contributed by atoms with van der Waals surface area (Å²) in [6.45, 7) is 3.51. The van der Waals surface area contributed by atoms with Crippen molar-refractivity contribution < 1.29 is 0 Å². The van der Waals surface area contributed by atoms with Crippen molar-refractivity contribution in [2.24, 2.45) is 0 Å². The smallest absolute Gasteiger partial charge is 0.0652 e. The Balaban J connectivity index is 0.802. The van der Waals surface area contributed by atoms with Crippen LogP contribution in [-0.4, -0.2) is 26.2 Å². The lowest BCUT2D eigenvalue weighted by Gasteiger charge is -2.39. The lowest BCUT2D eigenvalue weighted by molar-refractivity contribution is 0.850. The minimum Gasteiger partial charge on any atom is -0.338 e. The summed E-state index contributed by atoms with van der Waals surface area (Å²) in [6.07, 6.45) is 0. The molecule has 2 aliphatic rings. The van der Waals surface area contributed by atoms with Crippen molar-refractivity contribution in [3.63, 3.8) is 0 Å². The van der Waals surface area contributed by atoms with Gasteiger partial charge in [0.2, 0.25) is 0 Å². The molecule has 6 nitrogen and oxygen atoms in total. The zero-order chi connectivity index (χ0) is 56.0. The average Bonchev–Trinajstić information content (AvgIpc) is 3.77. The first-order chi connectivity index (χ1) is 41.7. The summed E-state index contributed by atoms with van der Waals surface area (Å²) in [5.74, 6) is 0. The van der Waals surface area contributed by atoms with E-state index in [4.69, 9.17) is 0 Å². The second kappa shape index (κ2) is 23.3. The van der Waals surface area contributed by atoms with Crippen LogP contribution in [0.5, 0.6) is 0 Å². The molecule has 0 atom stereocenters. The van der Waals surface area contributed by atoms with E-state index in [2.05, 4.69) is 357 Å². The van der Waals surface area contributed by atoms with Gasteiger partial charge < -0.3 is 29.4 Å². The van der Waals surface area contributed by atoms with Gasteiger partial charge in [0.25, 0.3) is 0 Å². The largest absolute Gasteiger partial charge is 0.338 e. The third kappa shape index (κ3) is 10.2. The first kappa shape index (κ1) is 51.3. The summed E-state index contributed by atoms with van der Waals surface area (Å²) in [5.41, 5.74) is 22.9. The molecule has 0 amide bonds. The number of rotatable bonds is 14. The maximum atomic E-state index is 2.45. The van der Waals surface area contributed by atoms with E-state index in [9.17, 15) is 0 Å². The zero-order valence-electron chi connectivity index (χ0n) is 46.7. The molecule has 12 aromatic carbocycles. The maximum Gasteiger partial charge on any atom is 0.0652 e. The van der Waals surface area contributed by atoms with E-state index in [1.807, 2.05) is 0 Å². The highest BCUT2D eigenvalue weighted by molar-refractivity contribution is 6.05. The van der Waals surface area contributed by atoms with E-state index in [-0.39, 0.29) is 0 Å². The van der Waals surface area contributed by atoms with Crippen molar-refractivity contribution in [3.8, 4) is 0 Å². The molecule has 0 radical (unpaired) electrons. The van der Waals surface area contributed by atoms with Gasteiger partial charge in [0.1, 0.15) is 0 Å². The first-order valence-corrected chi connectivity index (χ1v) is 29.0. The fraction of sp³-hybridized carbons (Fsp3) is 0.0513. The Kier molecular flexibility index (Phi) is 14.3. The molecule has 2 heterocycles. The van der Waals surface area contributed by atoms with Gasteiger partial charge in [-0.15, -0.1) is 0 Å². The molecule has 0 N–H and O–H groups in total. The average molecular weight is 1080 g/mol. The molecule has 0 aliphatic carbocycles. The molecule has 6 heteroatoms. The predicted octanol–water partition coefficient (Wildman–Crippen LogP) is 20.2. The highest BCUT2D eigenvalue weighted by atomic mass is 15.3. The van der Waals surface area contributed by atoms with Gasteiger partial charge >= 0.3 is 0 Å². The summed E-state index contributed by atoms with van der Waals surface area (Å²) in [6, 6.07) is 118. The standard InChI is InChI=1S/C78H62N6/c1-7-23-59(24-8-1)77(61-39-43-69(44-40-61)83(67-31-15-5-16-32-67)71-51-47-65(48-52-71)81-57-55-79(63-27-11-3-12-28-63)73-35-19-21-37-75(73)81)78(60-25-9-2-10-26-60)62-41-45-70(46-42-62)84(68-33-17-6-18-34-68)72-53-49-66(50-54-72)82-58-56-80(64-29-13-4-14-30-64)74-36-20-22-38-76(74)82/h1-54H,55-58H2/b78-77+. The monoisotopic (exact) mass is 1080 g/mol. The molecule has 14 rings (SSSR count). The summed E-state index contributed by atoms with van der Waals surface area (Å²) >= 11 is 0. The number of anilines is 14. The lowest BCUT2D eigenvalue weighted by Crippen LogP contribution is -2.36. The molecular weight excluding hydrogens is 1020 g/mol. The Hall–Kier alpha value is -10.8. The van der Waals surface area contributed by atoms with Crippen molar-refractivity contribution in [1.82, 2.24) is 0 Å². The number of benzene rings is 12. The van der Waals surface area contributed by atoms with E-state index in [0.29, 0.717) is 0 Å². The van der Waals surface area contributed by atoms with Gasteiger partial charge in [0.05, 0.1) is 22.7 Å². The third-order valence-corrected chi connectivity index (χ3v) is 16.2. The molecule has 0 fully saturated rings. The quantitative estimate of drug-likeness (QED) is 0.100. The number of hydrogen-bond acceptors (Lipinski definition) is 6. The first-order valence-electron chi connectivity index (χ1n) is 29.0. The number of nitrogens with zero attached hydrogens (tertiary/aromatic N) is 6. The predicted molar refractivity (Wildman–Crippen MR) is 354 cm³/mol. The highest BCUT2D eigenvalue weighted by Gasteiger charge is 2.27. The molecule has 2 aliphatic heterocycles. The van der Waals surface area contributed by atoms with Gasteiger partial charge in [-0.2, -0.15) is 0 Å². The maximum absolute atomic E-state index is 2.45. The number of fused-ring (bicyclic) bond motifs is 2. The van der Waals surface area contributed by atoms with Gasteiger partial charge in [-0.1, -0.05) is 182 Å². The van der Waals surface area contributed by atoms with Crippen molar-refractivity contribution >= 4 is 90.8 Å². The number of para-hydroxylation sites is 8. The Morgan fingerprint density at radius 3 is 0.679 bits per heavy atom. The fourth-order valence-electron chi connectivity index (χ4n) is 12.3. The Morgan fingerprint density at radius 2 is 0.393 bits per heavy atom. The van der Waals surface area contributed by atoms with Crippen LogP contribution in [0.15, 0.2) is 328 Å². The number of hydrogen-bond donors (Lipinski definition) is 0. The summed E-state index contributed by atoms with van der Waals surface area (Å²) in [4.78, 5) is 14.5. The van der Waals surface area contributed by atoms with Crippen LogP contribution in [0.1, 0.15) is 22.3 Å². The van der Waals surface area contributed by atoms with Gasteiger partial charge in [-0.05, 0) is 179 Å². The van der Waals surface area contributed by atoms with Gasteiger partial charge in [0.15, 0.2) is 0 Å². The molecule has 84 heavy (non-hydrogen) atoms. The van der Waals surface area contributed by atoms with E-state index in [0.717, 1.165) is 93.7 Å². The van der Waals surface area contributed by atoms with Crippen LogP contribution in [0.4, 0.5) is 79.6 Å². The minimum atomic E-state index is 0.869. The van der Waals surface area contributed by atoms with Crippen LogP contribution in [0, 0.1) is 0 Å². The molecular formula is C78H62N6. The summed E-state index contributed by atoms with van der Waals surface area (Å²) in [7, 11) is 0. The Morgan fingerprint density at radius 1 is 0.190 bits per heavy atom. The molecule has 0 bridgehead atoms. The van der Waals surface area contributed by atoms with Crippen molar-refractivity contribution in [3.05, 3.63) is 350 Å². The Bertz CT molecular complexity index is 3890. The van der Waals surface area contributed by atoms with Gasteiger partial charge in [-0.25, -0.2) is 0 Å². The van der Waals surface area contributed by atoms with Crippen molar-refractivity contribution in [2.75, 3.05) is 55.6 Å². The minimum absolute atomic E-state index is 0.869.